The lowest BCUT2D eigenvalue weighted by Crippen LogP contribution is -2.44. The van der Waals surface area contributed by atoms with Crippen LogP contribution in [0, 0.1) is 0 Å². The molecule has 0 radical (unpaired) electrons. The number of nitrogens with one attached hydrogen (secondary N) is 2. The Kier molecular flexibility index (Phi) is 8.50. The summed E-state index contributed by atoms with van der Waals surface area (Å²) in [6.45, 7) is 4.23. The molecule has 2 N–H and O–H groups in total. The third-order valence-electron chi connectivity index (χ3n) is 3.55. The molecule has 1 aliphatic heterocycles. The van der Waals surface area contributed by atoms with Crippen LogP contribution in [0.25, 0.3) is 0 Å². The molecule has 8 nitrogen and oxygen atoms in total. The van der Waals surface area contributed by atoms with Crippen molar-refractivity contribution in [1.29, 1.82) is 0 Å². The molecular formula is C17H25N3O5. The van der Waals surface area contributed by atoms with Crippen LogP contribution in [0.4, 0.5) is 0 Å². The number of hydrogen-bond donors (Lipinski definition) is 2. The fourth-order valence-corrected chi connectivity index (χ4v) is 2.28. The Bertz CT molecular complexity index is 532. The molecule has 0 fully saturated rings. The van der Waals surface area contributed by atoms with Crippen LogP contribution in [0.3, 0.4) is 0 Å². The van der Waals surface area contributed by atoms with E-state index in [9.17, 15) is 9.59 Å². The van der Waals surface area contributed by atoms with Gasteiger partial charge in [-0.05, 0) is 19.2 Å². The summed E-state index contributed by atoms with van der Waals surface area (Å²) >= 11 is 0. The molecule has 1 heterocycles. The molecule has 0 atom stereocenters. The number of nitrogens with zero attached hydrogens (tertiary/aromatic N) is 1. The highest BCUT2D eigenvalue weighted by atomic mass is 16.5. The van der Waals surface area contributed by atoms with Crippen LogP contribution in [0.5, 0.6) is 0 Å². The minimum atomic E-state index is -0.331. The highest BCUT2D eigenvalue weighted by molar-refractivity contribution is 6.20. The highest BCUT2D eigenvalue weighted by Gasteiger charge is 2.34. The van der Waals surface area contributed by atoms with Gasteiger partial charge in [0.25, 0.3) is 11.8 Å². The molecule has 0 bridgehead atoms. The Hall–Kier alpha value is -1.84. The predicted octanol–water partition coefficient (Wildman–Crippen LogP) is 0.0564. The van der Waals surface area contributed by atoms with Crippen LogP contribution >= 0.6 is 0 Å². The van der Waals surface area contributed by atoms with Crippen molar-refractivity contribution in [2.75, 3.05) is 59.8 Å². The van der Waals surface area contributed by atoms with Gasteiger partial charge in [0.1, 0.15) is 0 Å². The van der Waals surface area contributed by atoms with Crippen LogP contribution in [0.2, 0.25) is 0 Å². The van der Waals surface area contributed by atoms with Gasteiger partial charge in [-0.1, -0.05) is 12.1 Å². The van der Waals surface area contributed by atoms with E-state index in [1.807, 2.05) is 7.05 Å². The van der Waals surface area contributed by atoms with Crippen molar-refractivity contribution in [3.05, 3.63) is 35.4 Å². The molecular weight excluding hydrogens is 326 g/mol. The van der Waals surface area contributed by atoms with Crippen molar-refractivity contribution in [3.8, 4) is 0 Å². The topological polar surface area (TPSA) is 89.1 Å². The Morgan fingerprint density at radius 1 is 0.800 bits per heavy atom. The average Bonchev–Trinajstić information content (AvgIpc) is 2.87. The lowest BCUT2D eigenvalue weighted by atomic mass is 10.1. The highest BCUT2D eigenvalue weighted by Crippen LogP contribution is 2.20. The summed E-state index contributed by atoms with van der Waals surface area (Å²) in [5.41, 5.74) is 3.65. The fourth-order valence-electron chi connectivity index (χ4n) is 2.28. The van der Waals surface area contributed by atoms with Gasteiger partial charge < -0.3 is 19.5 Å². The molecule has 1 aromatic carbocycles. The maximum absolute atomic E-state index is 12.1. The molecule has 0 saturated carbocycles. The Morgan fingerprint density at radius 2 is 1.28 bits per heavy atom. The van der Waals surface area contributed by atoms with E-state index in [-0.39, 0.29) is 11.8 Å². The second kappa shape index (κ2) is 10.9. The normalized spacial score (nSPS) is 13.6. The smallest absolute Gasteiger partial charge is 0.276 e. The maximum atomic E-state index is 12.1. The summed E-state index contributed by atoms with van der Waals surface area (Å²) in [6, 6.07) is 6.77. The van der Waals surface area contributed by atoms with Gasteiger partial charge >= 0.3 is 0 Å². The van der Waals surface area contributed by atoms with Gasteiger partial charge in [-0.15, -0.1) is 0 Å². The maximum Gasteiger partial charge on any atom is 0.276 e. The van der Waals surface area contributed by atoms with Crippen LogP contribution in [-0.2, 0) is 14.2 Å². The van der Waals surface area contributed by atoms with Gasteiger partial charge in [0.2, 0.25) is 0 Å². The number of likely N-dealkylation sites (N-methyl/N-ethyl adjacent to an activating group) is 1. The van der Waals surface area contributed by atoms with E-state index in [1.165, 1.54) is 0 Å². The van der Waals surface area contributed by atoms with E-state index in [0.29, 0.717) is 57.3 Å². The van der Waals surface area contributed by atoms with E-state index in [0.717, 1.165) is 11.6 Å². The van der Waals surface area contributed by atoms with Crippen LogP contribution < -0.4 is 10.7 Å². The average molecular weight is 351 g/mol. The zero-order valence-electron chi connectivity index (χ0n) is 14.5. The predicted molar refractivity (Wildman–Crippen MR) is 91.3 cm³/mol. The number of hydrogen-bond acceptors (Lipinski definition) is 7. The first-order valence-electron chi connectivity index (χ1n) is 8.35. The summed E-state index contributed by atoms with van der Waals surface area (Å²) in [4.78, 5) is 24.2. The van der Waals surface area contributed by atoms with Gasteiger partial charge in [-0.3, -0.25) is 9.59 Å². The van der Waals surface area contributed by atoms with Crippen molar-refractivity contribution < 1.29 is 23.8 Å². The number of benzene rings is 1. The molecule has 2 rings (SSSR count). The molecule has 0 unspecified atom stereocenters. The van der Waals surface area contributed by atoms with Gasteiger partial charge in [0.15, 0.2) is 0 Å². The zero-order chi connectivity index (χ0) is 17.9. The number of ether oxygens (including phenoxy) is 3. The summed E-state index contributed by atoms with van der Waals surface area (Å²) in [5, 5.41) is 4.03. The van der Waals surface area contributed by atoms with E-state index in [2.05, 4.69) is 10.7 Å². The van der Waals surface area contributed by atoms with Gasteiger partial charge in [0, 0.05) is 13.1 Å². The first-order chi connectivity index (χ1) is 12.3. The minimum absolute atomic E-state index is 0.331. The lowest BCUT2D eigenvalue weighted by molar-refractivity contribution is 0.0135. The van der Waals surface area contributed by atoms with Crippen LogP contribution in [0.15, 0.2) is 24.3 Å². The number of carbonyl (C=O) groups is 2. The lowest BCUT2D eigenvalue weighted by Gasteiger charge is -2.15. The molecule has 1 aromatic rings. The van der Waals surface area contributed by atoms with E-state index in [4.69, 9.17) is 14.2 Å². The number of carbonyl (C=O) groups excluding carboxylic acids is 2. The van der Waals surface area contributed by atoms with E-state index >= 15 is 0 Å². The van der Waals surface area contributed by atoms with Crippen molar-refractivity contribution >= 4 is 11.8 Å². The summed E-state index contributed by atoms with van der Waals surface area (Å²) in [5.74, 6) is -0.663. The summed E-state index contributed by atoms with van der Waals surface area (Å²) < 4.78 is 16.1. The number of amides is 2. The number of hydrazine groups is 1. The largest absolute Gasteiger partial charge is 0.378 e. The van der Waals surface area contributed by atoms with Crippen molar-refractivity contribution in [3.63, 3.8) is 0 Å². The number of rotatable bonds is 13. The summed E-state index contributed by atoms with van der Waals surface area (Å²) in [6.07, 6.45) is 0. The van der Waals surface area contributed by atoms with Crippen molar-refractivity contribution in [2.45, 2.75) is 0 Å². The van der Waals surface area contributed by atoms with Gasteiger partial charge in [-0.25, -0.2) is 10.4 Å². The second-order valence-corrected chi connectivity index (χ2v) is 5.34. The molecule has 2 amide bonds. The number of imide groups is 1. The quantitative estimate of drug-likeness (QED) is 0.384. The molecule has 0 aromatic heterocycles. The fraction of sp³-hybridized carbons (Fsp3) is 0.529. The third kappa shape index (κ3) is 5.87. The van der Waals surface area contributed by atoms with E-state index < -0.39 is 0 Å². The SMILES string of the molecule is CNCCOCCOCCOCCNN1C(=O)c2ccccc2C1=O. The first kappa shape index (κ1) is 19.5. The minimum Gasteiger partial charge on any atom is -0.378 e. The zero-order valence-corrected chi connectivity index (χ0v) is 14.5. The molecule has 25 heavy (non-hydrogen) atoms. The Morgan fingerprint density at radius 3 is 1.80 bits per heavy atom. The Balaban J connectivity index is 1.49. The van der Waals surface area contributed by atoms with Crippen molar-refractivity contribution in [2.24, 2.45) is 0 Å². The van der Waals surface area contributed by atoms with E-state index in [1.54, 1.807) is 24.3 Å². The van der Waals surface area contributed by atoms with Gasteiger partial charge in [-0.2, -0.15) is 0 Å². The molecule has 8 heteroatoms. The summed E-state index contributed by atoms with van der Waals surface area (Å²) in [7, 11) is 1.88. The van der Waals surface area contributed by atoms with Crippen LogP contribution in [0.1, 0.15) is 20.7 Å². The molecule has 0 spiro atoms. The molecule has 0 saturated heterocycles. The van der Waals surface area contributed by atoms with Gasteiger partial charge in [0.05, 0.1) is 50.8 Å². The standard InChI is InChI=1S/C17H25N3O5/c1-18-6-8-23-10-12-25-13-11-24-9-7-19-20-16(21)14-4-2-3-5-15(14)17(20)22/h2-5,18-19H,6-13H2,1H3. The Labute approximate surface area is 147 Å². The monoisotopic (exact) mass is 351 g/mol. The molecule has 1 aliphatic rings. The first-order valence-corrected chi connectivity index (χ1v) is 8.35. The molecule has 138 valence electrons. The second-order valence-electron chi connectivity index (χ2n) is 5.34. The van der Waals surface area contributed by atoms with Crippen LogP contribution in [-0.4, -0.2) is 76.6 Å². The number of fused-ring (bicyclic) bond motifs is 1. The molecule has 0 aliphatic carbocycles. The van der Waals surface area contributed by atoms with Crippen molar-refractivity contribution in [1.82, 2.24) is 15.8 Å². The third-order valence-corrected chi connectivity index (χ3v) is 3.55.